The fourth-order valence-corrected chi connectivity index (χ4v) is 8.57. The van der Waals surface area contributed by atoms with Gasteiger partial charge >= 0.3 is 5.97 Å². The Morgan fingerprint density at radius 2 is 1.93 bits per heavy atom. The average molecular weight is 419 g/mol. The summed E-state index contributed by atoms with van der Waals surface area (Å²) in [6.45, 7) is 7.33. The normalized spacial score (nSPS) is 46.3. The van der Waals surface area contributed by atoms with Gasteiger partial charge < -0.3 is 14.9 Å². The van der Waals surface area contributed by atoms with Gasteiger partial charge in [0.2, 0.25) is 0 Å². The quantitative estimate of drug-likeness (QED) is 0.493. The summed E-state index contributed by atoms with van der Waals surface area (Å²) < 4.78 is 4.81. The summed E-state index contributed by atoms with van der Waals surface area (Å²) in [5.74, 6) is 3.44. The van der Waals surface area contributed by atoms with Crippen LogP contribution in [0.15, 0.2) is 11.6 Å². The summed E-state index contributed by atoms with van der Waals surface area (Å²) in [6.07, 6.45) is 11.6. The molecule has 0 amide bonds. The Bertz CT molecular complexity index is 687. The molecule has 3 saturated carbocycles. The molecule has 4 heteroatoms. The zero-order valence-corrected chi connectivity index (χ0v) is 19.4. The van der Waals surface area contributed by atoms with Crippen LogP contribution in [0.25, 0.3) is 0 Å². The second kappa shape index (κ2) is 8.24. The van der Waals surface area contributed by atoms with Crippen LogP contribution in [0.5, 0.6) is 0 Å². The summed E-state index contributed by atoms with van der Waals surface area (Å²) in [4.78, 5) is 11.5. The maximum Gasteiger partial charge on any atom is 0.305 e. The SMILES string of the molecule is COC(=O)CCC[C@@H](C)[C@H]1CC[C@H]2[C@@H]3CC=C4[C@@H](O)[C@@H](O)CC[C@]4(C)[C@H]3CC[C@]12C. The van der Waals surface area contributed by atoms with Crippen LogP contribution in [0.1, 0.15) is 85.0 Å². The lowest BCUT2D eigenvalue weighted by Gasteiger charge is -2.59. The van der Waals surface area contributed by atoms with Gasteiger partial charge in [-0.05, 0) is 104 Å². The molecule has 4 aliphatic carbocycles. The number of methoxy groups -OCH3 is 1. The van der Waals surface area contributed by atoms with Gasteiger partial charge in [0.1, 0.15) is 6.10 Å². The van der Waals surface area contributed by atoms with Crippen LogP contribution in [0.4, 0.5) is 0 Å². The maximum absolute atomic E-state index is 11.5. The van der Waals surface area contributed by atoms with Crippen LogP contribution < -0.4 is 0 Å². The zero-order valence-electron chi connectivity index (χ0n) is 19.4. The minimum absolute atomic E-state index is 0.0626. The first kappa shape index (κ1) is 22.3. The third-order valence-electron chi connectivity index (χ3n) is 10.2. The largest absolute Gasteiger partial charge is 0.469 e. The number of fused-ring (bicyclic) bond motifs is 5. The number of aliphatic hydroxyl groups excluding tert-OH is 2. The highest BCUT2D eigenvalue weighted by Gasteiger charge is 2.60. The van der Waals surface area contributed by atoms with E-state index in [4.69, 9.17) is 4.74 Å². The number of ether oxygens (including phenoxy) is 1. The van der Waals surface area contributed by atoms with Gasteiger partial charge in [0.15, 0.2) is 0 Å². The van der Waals surface area contributed by atoms with Crippen molar-refractivity contribution in [1.29, 1.82) is 0 Å². The number of carbonyl (C=O) groups is 1. The molecule has 0 radical (unpaired) electrons. The molecular weight excluding hydrogens is 376 g/mol. The number of allylic oxidation sites excluding steroid dienone is 1. The number of rotatable bonds is 5. The molecule has 30 heavy (non-hydrogen) atoms. The Morgan fingerprint density at radius 1 is 1.17 bits per heavy atom. The molecule has 4 aliphatic rings. The zero-order chi connectivity index (χ0) is 21.7. The molecular formula is C26H42O4. The van der Waals surface area contributed by atoms with Crippen molar-refractivity contribution in [2.75, 3.05) is 7.11 Å². The monoisotopic (exact) mass is 418 g/mol. The van der Waals surface area contributed by atoms with Crippen molar-refractivity contribution < 1.29 is 19.7 Å². The third-order valence-corrected chi connectivity index (χ3v) is 10.2. The molecule has 0 aromatic carbocycles. The molecule has 0 aromatic heterocycles. The minimum atomic E-state index is -0.663. The Labute approximate surface area is 182 Å². The van der Waals surface area contributed by atoms with Crippen LogP contribution in [-0.4, -0.2) is 35.5 Å². The highest BCUT2D eigenvalue weighted by Crippen LogP contribution is 2.67. The molecule has 4 nitrogen and oxygen atoms in total. The maximum atomic E-state index is 11.5. The van der Waals surface area contributed by atoms with Gasteiger partial charge in [0.25, 0.3) is 0 Å². The Morgan fingerprint density at radius 3 is 2.67 bits per heavy atom. The molecule has 0 heterocycles. The Kier molecular flexibility index (Phi) is 6.13. The van der Waals surface area contributed by atoms with Crippen molar-refractivity contribution in [3.05, 3.63) is 11.6 Å². The smallest absolute Gasteiger partial charge is 0.305 e. The molecule has 0 bridgehead atoms. The van der Waals surface area contributed by atoms with Crippen LogP contribution in [0.3, 0.4) is 0 Å². The molecule has 2 N–H and O–H groups in total. The van der Waals surface area contributed by atoms with E-state index in [1.807, 2.05) is 0 Å². The van der Waals surface area contributed by atoms with E-state index in [9.17, 15) is 15.0 Å². The lowest BCUT2D eigenvalue weighted by atomic mass is 9.46. The first-order valence-corrected chi connectivity index (χ1v) is 12.4. The van der Waals surface area contributed by atoms with Crippen LogP contribution in [0, 0.1) is 40.4 Å². The summed E-state index contributed by atoms with van der Waals surface area (Å²) >= 11 is 0. The molecule has 0 unspecified atom stereocenters. The number of esters is 1. The van der Waals surface area contributed by atoms with Gasteiger partial charge in [-0.15, -0.1) is 0 Å². The molecule has 0 spiro atoms. The van der Waals surface area contributed by atoms with Crippen molar-refractivity contribution in [2.24, 2.45) is 40.4 Å². The third kappa shape index (κ3) is 3.46. The highest BCUT2D eigenvalue weighted by molar-refractivity contribution is 5.68. The van der Waals surface area contributed by atoms with E-state index in [1.54, 1.807) is 0 Å². The second-order valence-corrected chi connectivity index (χ2v) is 11.4. The van der Waals surface area contributed by atoms with Crippen molar-refractivity contribution in [3.63, 3.8) is 0 Å². The van der Waals surface area contributed by atoms with E-state index in [2.05, 4.69) is 26.8 Å². The van der Waals surface area contributed by atoms with Crippen LogP contribution >= 0.6 is 0 Å². The molecule has 3 fully saturated rings. The van der Waals surface area contributed by atoms with Gasteiger partial charge in [0, 0.05) is 6.42 Å². The standard InChI is InChI=1S/C26H42O4/c1-16(6-5-7-23(28)30-4)18-10-11-19-17-8-9-21-24(29)22(27)13-15-26(21,3)20(17)12-14-25(18,19)2/h9,16-20,22,24,27,29H,5-8,10-15H2,1-4H3/t16-,17+,18-,19+,20+,22+,24-,25-,26-/m1/s1. The summed E-state index contributed by atoms with van der Waals surface area (Å²) in [7, 11) is 1.48. The van der Waals surface area contributed by atoms with E-state index >= 15 is 0 Å². The van der Waals surface area contributed by atoms with Gasteiger partial charge in [-0.3, -0.25) is 4.79 Å². The molecule has 4 rings (SSSR count). The minimum Gasteiger partial charge on any atom is -0.469 e. The Balaban J connectivity index is 1.49. The topological polar surface area (TPSA) is 66.8 Å². The van der Waals surface area contributed by atoms with Crippen molar-refractivity contribution in [3.8, 4) is 0 Å². The number of carbonyl (C=O) groups excluding carboxylic acids is 1. The van der Waals surface area contributed by atoms with Gasteiger partial charge in [0.05, 0.1) is 13.2 Å². The van der Waals surface area contributed by atoms with Crippen molar-refractivity contribution in [1.82, 2.24) is 0 Å². The first-order chi connectivity index (χ1) is 14.2. The van der Waals surface area contributed by atoms with Gasteiger partial charge in [-0.1, -0.05) is 26.8 Å². The lowest BCUT2D eigenvalue weighted by Crippen LogP contribution is -2.53. The molecule has 0 saturated heterocycles. The van der Waals surface area contributed by atoms with E-state index in [0.717, 1.165) is 49.5 Å². The highest BCUT2D eigenvalue weighted by atomic mass is 16.5. The van der Waals surface area contributed by atoms with Gasteiger partial charge in [-0.25, -0.2) is 0 Å². The number of hydrogen-bond donors (Lipinski definition) is 2. The van der Waals surface area contributed by atoms with Crippen molar-refractivity contribution >= 4 is 5.97 Å². The van der Waals surface area contributed by atoms with E-state index in [0.29, 0.717) is 29.6 Å². The molecule has 0 aromatic rings. The predicted octanol–water partition coefficient (Wildman–Crippen LogP) is 4.88. The van der Waals surface area contributed by atoms with E-state index in [1.165, 1.54) is 32.8 Å². The fraction of sp³-hybridized carbons (Fsp3) is 0.885. The average Bonchev–Trinajstić information content (AvgIpc) is 3.08. The van der Waals surface area contributed by atoms with Crippen LogP contribution in [0.2, 0.25) is 0 Å². The van der Waals surface area contributed by atoms with Crippen LogP contribution in [-0.2, 0) is 9.53 Å². The summed E-state index contributed by atoms with van der Waals surface area (Å²) in [6, 6.07) is 0. The predicted molar refractivity (Wildman–Crippen MR) is 118 cm³/mol. The molecule has 170 valence electrons. The Hall–Kier alpha value is -0.870. The first-order valence-electron chi connectivity index (χ1n) is 12.4. The number of hydrogen-bond acceptors (Lipinski definition) is 4. The van der Waals surface area contributed by atoms with Gasteiger partial charge in [-0.2, -0.15) is 0 Å². The lowest BCUT2D eigenvalue weighted by molar-refractivity contribution is -0.140. The van der Waals surface area contributed by atoms with E-state index in [-0.39, 0.29) is 11.4 Å². The molecule has 0 aliphatic heterocycles. The summed E-state index contributed by atoms with van der Waals surface area (Å²) in [5.41, 5.74) is 1.60. The second-order valence-electron chi connectivity index (χ2n) is 11.4. The molecule has 9 atom stereocenters. The van der Waals surface area contributed by atoms with Crippen molar-refractivity contribution in [2.45, 2.75) is 97.2 Å². The van der Waals surface area contributed by atoms with E-state index < -0.39 is 12.2 Å². The number of aliphatic hydroxyl groups is 2. The fourth-order valence-electron chi connectivity index (χ4n) is 8.57. The summed E-state index contributed by atoms with van der Waals surface area (Å²) in [5, 5.41) is 20.9.